The van der Waals surface area contributed by atoms with E-state index in [1.807, 2.05) is 13.8 Å². The smallest absolute Gasteiger partial charge is 0.250 e. The Hall–Kier alpha value is -1.33. The molecule has 0 saturated heterocycles. The molecule has 0 bridgehead atoms. The molecule has 0 atom stereocenters. The Bertz CT molecular complexity index is 636. The van der Waals surface area contributed by atoms with Gasteiger partial charge in [-0.05, 0) is 48.0 Å². The van der Waals surface area contributed by atoms with E-state index in [-0.39, 0.29) is 0 Å². The van der Waals surface area contributed by atoms with E-state index >= 15 is 0 Å². The SMILES string of the molecule is Cc1nn(-c2ccc(C(N)=O)c(Cl)c2)c(C)c1Br. The van der Waals surface area contributed by atoms with Crippen LogP contribution in [0.3, 0.4) is 0 Å². The highest BCUT2D eigenvalue weighted by Gasteiger charge is 2.13. The number of hydrogen-bond acceptors (Lipinski definition) is 2. The lowest BCUT2D eigenvalue weighted by atomic mass is 10.2. The van der Waals surface area contributed by atoms with E-state index in [9.17, 15) is 4.79 Å². The van der Waals surface area contributed by atoms with Gasteiger partial charge in [0, 0.05) is 0 Å². The van der Waals surface area contributed by atoms with Crippen LogP contribution in [0, 0.1) is 13.8 Å². The first kappa shape index (κ1) is 13.1. The average Bonchev–Trinajstić information content (AvgIpc) is 2.56. The molecular formula is C12H11BrClN3O. The van der Waals surface area contributed by atoms with Gasteiger partial charge in [0.2, 0.25) is 5.91 Å². The zero-order valence-corrected chi connectivity index (χ0v) is 12.2. The van der Waals surface area contributed by atoms with Crippen LogP contribution in [0.25, 0.3) is 5.69 Å². The van der Waals surface area contributed by atoms with Crippen molar-refractivity contribution in [3.05, 3.63) is 44.6 Å². The zero-order valence-electron chi connectivity index (χ0n) is 9.87. The number of hydrogen-bond donors (Lipinski definition) is 1. The number of benzene rings is 1. The molecule has 0 spiro atoms. The quantitative estimate of drug-likeness (QED) is 0.921. The standard InChI is InChI=1S/C12H11BrClN3O/c1-6-11(13)7(2)17(16-6)8-3-4-9(12(15)18)10(14)5-8/h3-5H,1-2H3,(H2,15,18). The van der Waals surface area contributed by atoms with Crippen molar-refractivity contribution in [1.82, 2.24) is 9.78 Å². The van der Waals surface area contributed by atoms with Gasteiger partial charge in [-0.1, -0.05) is 11.6 Å². The van der Waals surface area contributed by atoms with E-state index < -0.39 is 5.91 Å². The van der Waals surface area contributed by atoms with Gasteiger partial charge in [0.15, 0.2) is 0 Å². The van der Waals surface area contributed by atoms with Gasteiger partial charge in [-0.15, -0.1) is 0 Å². The molecule has 1 aromatic carbocycles. The van der Waals surface area contributed by atoms with Crippen molar-refractivity contribution in [2.45, 2.75) is 13.8 Å². The fraction of sp³-hybridized carbons (Fsp3) is 0.167. The van der Waals surface area contributed by atoms with E-state index in [1.54, 1.807) is 22.9 Å². The van der Waals surface area contributed by atoms with Crippen molar-refractivity contribution in [1.29, 1.82) is 0 Å². The number of carbonyl (C=O) groups excluding carboxylic acids is 1. The predicted octanol–water partition coefficient (Wildman–Crippen LogP) is 3.00. The summed E-state index contributed by atoms with van der Waals surface area (Å²) in [6, 6.07) is 5.04. The number of halogens is 2. The summed E-state index contributed by atoms with van der Waals surface area (Å²) in [5.41, 5.74) is 8.16. The second-order valence-corrected chi connectivity index (χ2v) is 5.13. The number of amides is 1. The molecule has 0 radical (unpaired) electrons. The average molecular weight is 329 g/mol. The molecule has 94 valence electrons. The largest absolute Gasteiger partial charge is 0.366 e. The van der Waals surface area contributed by atoms with Gasteiger partial charge in [-0.2, -0.15) is 5.10 Å². The molecule has 0 fully saturated rings. The first-order valence-electron chi connectivity index (χ1n) is 5.23. The summed E-state index contributed by atoms with van der Waals surface area (Å²) in [5, 5.41) is 4.71. The number of aromatic nitrogens is 2. The van der Waals surface area contributed by atoms with Crippen LogP contribution >= 0.6 is 27.5 Å². The van der Waals surface area contributed by atoms with E-state index in [0.717, 1.165) is 21.5 Å². The van der Waals surface area contributed by atoms with Crippen LogP contribution in [0.15, 0.2) is 22.7 Å². The maximum Gasteiger partial charge on any atom is 0.250 e. The first-order chi connectivity index (χ1) is 8.41. The van der Waals surface area contributed by atoms with Gasteiger partial charge in [-0.25, -0.2) is 4.68 Å². The second kappa shape index (κ2) is 4.74. The summed E-state index contributed by atoms with van der Waals surface area (Å²) >= 11 is 9.48. The Morgan fingerprint density at radius 3 is 2.56 bits per heavy atom. The predicted molar refractivity (Wildman–Crippen MR) is 74.3 cm³/mol. The third kappa shape index (κ3) is 2.15. The lowest BCUT2D eigenvalue weighted by Gasteiger charge is -2.06. The minimum absolute atomic E-state index is 0.306. The van der Waals surface area contributed by atoms with Crippen LogP contribution in [0.4, 0.5) is 0 Å². The van der Waals surface area contributed by atoms with Crippen LogP contribution in [-0.4, -0.2) is 15.7 Å². The Labute approximate surface area is 118 Å². The maximum absolute atomic E-state index is 11.1. The molecule has 0 aliphatic heterocycles. The van der Waals surface area contributed by atoms with Crippen LogP contribution < -0.4 is 5.73 Å². The third-order valence-electron chi connectivity index (χ3n) is 2.67. The van der Waals surface area contributed by atoms with Gasteiger partial charge in [0.1, 0.15) is 0 Å². The molecule has 0 aliphatic rings. The molecule has 2 aromatic rings. The van der Waals surface area contributed by atoms with Gasteiger partial charge < -0.3 is 5.73 Å². The molecule has 2 N–H and O–H groups in total. The number of rotatable bonds is 2. The number of carbonyl (C=O) groups is 1. The normalized spacial score (nSPS) is 10.7. The molecule has 1 heterocycles. The minimum Gasteiger partial charge on any atom is -0.366 e. The molecule has 1 amide bonds. The van der Waals surface area contributed by atoms with E-state index in [0.29, 0.717) is 10.6 Å². The topological polar surface area (TPSA) is 60.9 Å². The number of aryl methyl sites for hydroxylation is 1. The molecule has 0 saturated carbocycles. The van der Waals surface area contributed by atoms with Crippen molar-refractivity contribution in [2.75, 3.05) is 0 Å². The highest BCUT2D eigenvalue weighted by atomic mass is 79.9. The van der Waals surface area contributed by atoms with Crippen molar-refractivity contribution >= 4 is 33.4 Å². The highest BCUT2D eigenvalue weighted by molar-refractivity contribution is 9.10. The fourth-order valence-corrected chi connectivity index (χ4v) is 2.23. The second-order valence-electron chi connectivity index (χ2n) is 3.93. The van der Waals surface area contributed by atoms with Crippen LogP contribution in [-0.2, 0) is 0 Å². The fourth-order valence-electron chi connectivity index (χ4n) is 1.71. The Morgan fingerprint density at radius 1 is 1.44 bits per heavy atom. The number of nitrogens with zero attached hydrogens (tertiary/aromatic N) is 2. The maximum atomic E-state index is 11.1. The van der Waals surface area contributed by atoms with Crippen LogP contribution in [0.5, 0.6) is 0 Å². The highest BCUT2D eigenvalue weighted by Crippen LogP contribution is 2.25. The summed E-state index contributed by atoms with van der Waals surface area (Å²) in [6.07, 6.45) is 0. The summed E-state index contributed by atoms with van der Waals surface area (Å²) < 4.78 is 2.72. The van der Waals surface area contributed by atoms with Crippen LogP contribution in [0.2, 0.25) is 5.02 Å². The Balaban J connectivity index is 2.55. The lowest BCUT2D eigenvalue weighted by Crippen LogP contribution is -2.12. The van der Waals surface area contributed by atoms with Crippen molar-refractivity contribution in [2.24, 2.45) is 5.73 Å². The van der Waals surface area contributed by atoms with Crippen LogP contribution in [0.1, 0.15) is 21.7 Å². The van der Waals surface area contributed by atoms with E-state index in [2.05, 4.69) is 21.0 Å². The number of nitrogens with two attached hydrogens (primary N) is 1. The van der Waals surface area contributed by atoms with Crippen molar-refractivity contribution in [3.63, 3.8) is 0 Å². The van der Waals surface area contributed by atoms with Crippen molar-refractivity contribution in [3.8, 4) is 5.69 Å². The molecule has 4 nitrogen and oxygen atoms in total. The third-order valence-corrected chi connectivity index (χ3v) is 4.13. The van der Waals surface area contributed by atoms with E-state index in [1.165, 1.54) is 0 Å². The molecule has 1 aromatic heterocycles. The van der Waals surface area contributed by atoms with Gasteiger partial charge in [0.25, 0.3) is 0 Å². The molecule has 18 heavy (non-hydrogen) atoms. The molecule has 0 aliphatic carbocycles. The first-order valence-corrected chi connectivity index (χ1v) is 6.40. The van der Waals surface area contributed by atoms with E-state index in [4.69, 9.17) is 17.3 Å². The monoisotopic (exact) mass is 327 g/mol. The summed E-state index contributed by atoms with van der Waals surface area (Å²) in [5.74, 6) is -0.541. The number of primary amides is 1. The minimum atomic E-state index is -0.541. The van der Waals surface area contributed by atoms with Gasteiger partial charge in [-0.3, -0.25) is 4.79 Å². The molecule has 6 heteroatoms. The Morgan fingerprint density at radius 2 is 2.11 bits per heavy atom. The van der Waals surface area contributed by atoms with Crippen molar-refractivity contribution < 1.29 is 4.79 Å². The molecule has 2 rings (SSSR count). The van der Waals surface area contributed by atoms with Gasteiger partial charge in [0.05, 0.1) is 32.1 Å². The lowest BCUT2D eigenvalue weighted by molar-refractivity contribution is 0.100. The molecular weight excluding hydrogens is 318 g/mol. The van der Waals surface area contributed by atoms with Gasteiger partial charge >= 0.3 is 0 Å². The Kier molecular flexibility index (Phi) is 3.45. The zero-order chi connectivity index (χ0) is 13.4. The molecule has 0 unspecified atom stereocenters. The summed E-state index contributed by atoms with van der Waals surface area (Å²) in [4.78, 5) is 11.1. The summed E-state index contributed by atoms with van der Waals surface area (Å²) in [6.45, 7) is 3.85. The summed E-state index contributed by atoms with van der Waals surface area (Å²) in [7, 11) is 0.